The predicted octanol–water partition coefficient (Wildman–Crippen LogP) is 4.53. The van der Waals surface area contributed by atoms with Crippen LogP contribution in [0, 0.1) is 5.82 Å². The maximum atomic E-state index is 13.3. The first-order valence-corrected chi connectivity index (χ1v) is 11.7. The number of anilines is 1. The number of imidazole rings is 1. The van der Waals surface area contributed by atoms with E-state index >= 15 is 0 Å². The molecule has 5 rings (SSSR count). The highest BCUT2D eigenvalue weighted by Gasteiger charge is 2.15. The molecule has 7 nitrogen and oxygen atoms in total. The van der Waals surface area contributed by atoms with Gasteiger partial charge in [0.1, 0.15) is 22.5 Å². The lowest BCUT2D eigenvalue weighted by Crippen LogP contribution is -2.26. The first-order chi connectivity index (χ1) is 16.5. The molecule has 1 N–H and O–H groups in total. The molecule has 0 aliphatic heterocycles. The van der Waals surface area contributed by atoms with Crippen molar-refractivity contribution in [3.63, 3.8) is 0 Å². The fourth-order valence-corrected chi connectivity index (χ4v) is 4.58. The van der Waals surface area contributed by atoms with Crippen molar-refractivity contribution in [3.05, 3.63) is 112 Å². The topological polar surface area (TPSA) is 81.3 Å². The van der Waals surface area contributed by atoms with Gasteiger partial charge in [-0.2, -0.15) is 0 Å². The number of hydrogen-bond donors (Lipinski definition) is 1. The van der Waals surface area contributed by atoms with Gasteiger partial charge in [-0.3, -0.25) is 9.29 Å². The van der Waals surface area contributed by atoms with E-state index in [9.17, 15) is 13.4 Å². The molecule has 2 aromatic carbocycles. The van der Waals surface area contributed by atoms with Crippen LogP contribution < -0.4 is 10.4 Å². The van der Waals surface area contributed by atoms with Crippen molar-refractivity contribution < 1.29 is 8.60 Å². The van der Waals surface area contributed by atoms with Crippen molar-refractivity contribution >= 4 is 33.9 Å². The van der Waals surface area contributed by atoms with Gasteiger partial charge in [-0.25, -0.2) is 27.8 Å². The number of rotatable bonds is 6. The number of fused-ring (bicyclic) bond motifs is 1. The largest absolute Gasteiger partial charge is 0.334 e. The Kier molecular flexibility index (Phi) is 5.95. The molecular formula is C24H17ClFN5O2S. The fourth-order valence-electron chi connectivity index (χ4n) is 3.51. The summed E-state index contributed by atoms with van der Waals surface area (Å²) in [6, 6.07) is 18.4. The summed E-state index contributed by atoms with van der Waals surface area (Å²) in [5, 5.41) is 0.106. The quantitative estimate of drug-likeness (QED) is 0.352. The first-order valence-electron chi connectivity index (χ1n) is 10.2. The molecule has 170 valence electrons. The van der Waals surface area contributed by atoms with Gasteiger partial charge in [0.05, 0.1) is 29.0 Å². The van der Waals surface area contributed by atoms with Crippen LogP contribution in [0.2, 0.25) is 5.15 Å². The molecule has 1 unspecified atom stereocenters. The van der Waals surface area contributed by atoms with E-state index < -0.39 is 16.8 Å². The molecule has 0 spiro atoms. The van der Waals surface area contributed by atoms with E-state index in [-0.39, 0.29) is 10.8 Å². The highest BCUT2D eigenvalue weighted by molar-refractivity contribution is 7.86. The fraction of sp³-hybridized carbons (Fsp3) is 0.0417. The van der Waals surface area contributed by atoms with Crippen LogP contribution in [0.5, 0.6) is 0 Å². The Morgan fingerprint density at radius 1 is 1.00 bits per heavy atom. The van der Waals surface area contributed by atoms with Gasteiger partial charge < -0.3 is 0 Å². The van der Waals surface area contributed by atoms with Crippen LogP contribution in [0.1, 0.15) is 5.56 Å². The Bertz CT molecular complexity index is 1570. The van der Waals surface area contributed by atoms with Gasteiger partial charge in [0.25, 0.3) is 0 Å². The average molecular weight is 494 g/mol. The minimum absolute atomic E-state index is 0.106. The number of nitrogens with zero attached hydrogens (tertiary/aromatic N) is 4. The number of halogens is 2. The van der Waals surface area contributed by atoms with Crippen LogP contribution in [0.3, 0.4) is 0 Å². The summed E-state index contributed by atoms with van der Waals surface area (Å²) in [5.74, 6) is -0.423. The van der Waals surface area contributed by atoms with Gasteiger partial charge in [-0.05, 0) is 42.0 Å². The standard InChI is InChI=1S/C24H17ClFN5O2S/c25-23-20(29-34(33)19-8-6-18(26)7-9-19)12-17(13-28-23)21-14-27-22-10-11-30(24(32)31(21)22)15-16-4-2-1-3-5-16/h1-14,29H,15H2. The molecule has 34 heavy (non-hydrogen) atoms. The smallest absolute Gasteiger partial charge is 0.298 e. The molecule has 0 radical (unpaired) electrons. The Balaban J connectivity index is 1.51. The number of benzene rings is 2. The summed E-state index contributed by atoms with van der Waals surface area (Å²) in [6.07, 6.45) is 4.81. The van der Waals surface area contributed by atoms with E-state index in [0.717, 1.165) is 5.56 Å². The zero-order valence-electron chi connectivity index (χ0n) is 17.6. The van der Waals surface area contributed by atoms with Crippen molar-refractivity contribution in [1.82, 2.24) is 18.9 Å². The van der Waals surface area contributed by atoms with E-state index in [4.69, 9.17) is 11.6 Å². The van der Waals surface area contributed by atoms with Gasteiger partial charge in [0.2, 0.25) is 0 Å². The zero-order valence-corrected chi connectivity index (χ0v) is 19.1. The lowest BCUT2D eigenvalue weighted by atomic mass is 10.2. The molecule has 0 saturated carbocycles. The van der Waals surface area contributed by atoms with Crippen molar-refractivity contribution in [2.24, 2.45) is 0 Å². The predicted molar refractivity (Wildman–Crippen MR) is 130 cm³/mol. The van der Waals surface area contributed by atoms with Gasteiger partial charge >= 0.3 is 5.69 Å². The normalized spacial score (nSPS) is 12.1. The molecule has 1 atom stereocenters. The van der Waals surface area contributed by atoms with Crippen LogP contribution in [-0.2, 0) is 17.5 Å². The summed E-state index contributed by atoms with van der Waals surface area (Å²) >= 11 is 6.22. The highest BCUT2D eigenvalue weighted by atomic mass is 35.5. The van der Waals surface area contributed by atoms with Crippen molar-refractivity contribution in [3.8, 4) is 11.3 Å². The van der Waals surface area contributed by atoms with E-state index in [2.05, 4.69) is 14.7 Å². The molecule has 0 aliphatic carbocycles. The minimum atomic E-state index is -1.70. The molecular weight excluding hydrogens is 477 g/mol. The summed E-state index contributed by atoms with van der Waals surface area (Å²) in [6.45, 7) is 0.412. The average Bonchev–Trinajstić information content (AvgIpc) is 3.28. The second-order valence-corrected chi connectivity index (χ2v) is 9.01. The van der Waals surface area contributed by atoms with Crippen LogP contribution in [-0.4, -0.2) is 23.1 Å². The maximum Gasteiger partial charge on any atom is 0.334 e. The minimum Gasteiger partial charge on any atom is -0.298 e. The van der Waals surface area contributed by atoms with E-state index in [1.165, 1.54) is 34.9 Å². The molecule has 0 amide bonds. The van der Waals surface area contributed by atoms with Crippen LogP contribution in [0.25, 0.3) is 16.9 Å². The first kappa shape index (κ1) is 22.0. The summed E-state index contributed by atoms with van der Waals surface area (Å²) in [5.41, 5.74) is 2.61. The van der Waals surface area contributed by atoms with Crippen LogP contribution >= 0.6 is 11.6 Å². The molecule has 3 heterocycles. The number of hydrogen-bond acceptors (Lipinski definition) is 4. The maximum absolute atomic E-state index is 13.3. The van der Waals surface area contributed by atoms with Crippen LogP contribution in [0.4, 0.5) is 10.1 Å². The third kappa shape index (κ3) is 4.35. The molecule has 0 bridgehead atoms. The third-order valence-corrected chi connectivity index (χ3v) is 6.60. The molecule has 0 aliphatic rings. The SMILES string of the molecule is O=c1n(Cc2ccccc2)ccc2ncc(-c3cnc(Cl)c(NS(=O)c4ccc(F)cc4)c3)n12. The summed E-state index contributed by atoms with van der Waals surface area (Å²) in [7, 11) is -1.70. The highest BCUT2D eigenvalue weighted by Crippen LogP contribution is 2.28. The second-order valence-electron chi connectivity index (χ2n) is 7.44. The van der Waals surface area contributed by atoms with Gasteiger partial charge in [-0.1, -0.05) is 41.9 Å². The Labute approximate surface area is 201 Å². The molecule has 0 fully saturated rings. The molecule has 3 aromatic heterocycles. The van der Waals surface area contributed by atoms with Gasteiger partial charge in [0.15, 0.2) is 5.15 Å². The monoisotopic (exact) mass is 493 g/mol. The van der Waals surface area contributed by atoms with E-state index in [0.29, 0.717) is 34.0 Å². The number of aromatic nitrogens is 4. The number of pyridine rings is 1. The molecule has 5 aromatic rings. The lowest BCUT2D eigenvalue weighted by molar-refractivity contribution is 0.626. The second kappa shape index (κ2) is 9.20. The van der Waals surface area contributed by atoms with Crippen molar-refractivity contribution in [1.29, 1.82) is 0 Å². The molecule has 0 saturated heterocycles. The lowest BCUT2D eigenvalue weighted by Gasteiger charge is -2.10. The number of nitrogens with one attached hydrogen (secondary N) is 1. The van der Waals surface area contributed by atoms with Crippen LogP contribution in [0.15, 0.2) is 95.0 Å². The Morgan fingerprint density at radius 2 is 1.76 bits per heavy atom. The van der Waals surface area contributed by atoms with E-state index in [1.54, 1.807) is 29.1 Å². The van der Waals surface area contributed by atoms with Crippen molar-refractivity contribution in [2.45, 2.75) is 11.4 Å². The van der Waals surface area contributed by atoms with E-state index in [1.807, 2.05) is 30.3 Å². The zero-order chi connectivity index (χ0) is 23.7. The Hall–Kier alpha value is -3.82. The Morgan fingerprint density at radius 3 is 2.53 bits per heavy atom. The van der Waals surface area contributed by atoms with Crippen molar-refractivity contribution in [2.75, 3.05) is 4.72 Å². The third-order valence-electron chi connectivity index (χ3n) is 5.19. The summed E-state index contributed by atoms with van der Waals surface area (Å²) < 4.78 is 31.7. The summed E-state index contributed by atoms with van der Waals surface area (Å²) in [4.78, 5) is 22.2. The van der Waals surface area contributed by atoms with Gasteiger partial charge in [0, 0.05) is 18.0 Å². The molecule has 10 heteroatoms. The van der Waals surface area contributed by atoms with Gasteiger partial charge in [-0.15, -0.1) is 0 Å².